The van der Waals surface area contributed by atoms with Crippen molar-refractivity contribution in [2.24, 2.45) is 0 Å². The number of halogens is 1. The predicted octanol–water partition coefficient (Wildman–Crippen LogP) is 1.10. The fraction of sp³-hybridized carbons (Fsp3) is 0.923. The summed E-state index contributed by atoms with van der Waals surface area (Å²) in [5.41, 5.74) is 0. The zero-order chi connectivity index (χ0) is 12.1. The van der Waals surface area contributed by atoms with Crippen molar-refractivity contribution in [3.8, 4) is 0 Å². The Kier molecular flexibility index (Phi) is 6.97. The number of likely N-dealkylation sites (tertiary alicyclic amines) is 1. The molecule has 4 nitrogen and oxygen atoms in total. The molecule has 1 amide bonds. The van der Waals surface area contributed by atoms with Gasteiger partial charge < -0.3 is 10.2 Å². The second kappa shape index (κ2) is 7.97. The maximum absolute atomic E-state index is 12.4. The standard InChI is InChI=1S/C13H25N3O.ClH/c1-12(15-10-5-6-14-7-11-15)13(17)16-8-3-2-4-9-16;/h12,14H,2-11H2,1H3;1H. The van der Waals surface area contributed by atoms with Crippen molar-refractivity contribution < 1.29 is 4.79 Å². The van der Waals surface area contributed by atoms with Crippen LogP contribution in [0.2, 0.25) is 0 Å². The third-order valence-corrected chi connectivity index (χ3v) is 3.95. The van der Waals surface area contributed by atoms with E-state index in [1.54, 1.807) is 0 Å². The SMILES string of the molecule is CC(C(=O)N1CCCCC1)N1CCCNCC1.Cl. The second-order valence-corrected chi connectivity index (χ2v) is 5.20. The predicted molar refractivity (Wildman–Crippen MR) is 76.2 cm³/mol. The molecule has 0 saturated carbocycles. The Morgan fingerprint density at radius 2 is 1.72 bits per heavy atom. The molecule has 106 valence electrons. The van der Waals surface area contributed by atoms with E-state index in [2.05, 4.69) is 22.0 Å². The Balaban J connectivity index is 0.00000162. The third kappa shape index (κ3) is 4.11. The largest absolute Gasteiger partial charge is 0.341 e. The summed E-state index contributed by atoms with van der Waals surface area (Å²) in [6.07, 6.45) is 4.80. The van der Waals surface area contributed by atoms with Gasteiger partial charge in [-0.25, -0.2) is 0 Å². The lowest BCUT2D eigenvalue weighted by Crippen LogP contribution is -2.49. The van der Waals surface area contributed by atoms with Gasteiger partial charge in [-0.15, -0.1) is 12.4 Å². The van der Waals surface area contributed by atoms with Crippen LogP contribution in [0.3, 0.4) is 0 Å². The molecular weight excluding hydrogens is 250 g/mol. The van der Waals surface area contributed by atoms with Crippen molar-refractivity contribution in [1.82, 2.24) is 15.1 Å². The number of nitrogens with zero attached hydrogens (tertiary/aromatic N) is 2. The molecule has 0 aromatic heterocycles. The summed E-state index contributed by atoms with van der Waals surface area (Å²) in [6, 6.07) is 0.0630. The smallest absolute Gasteiger partial charge is 0.239 e. The van der Waals surface area contributed by atoms with E-state index in [1.165, 1.54) is 19.3 Å². The molecule has 2 aliphatic heterocycles. The minimum atomic E-state index is 0. The van der Waals surface area contributed by atoms with Crippen LogP contribution >= 0.6 is 12.4 Å². The third-order valence-electron chi connectivity index (χ3n) is 3.95. The molecule has 2 heterocycles. The molecule has 0 spiro atoms. The van der Waals surface area contributed by atoms with Gasteiger partial charge in [0.1, 0.15) is 0 Å². The normalized spacial score (nSPS) is 23.9. The van der Waals surface area contributed by atoms with Crippen LogP contribution in [0.4, 0.5) is 0 Å². The van der Waals surface area contributed by atoms with Gasteiger partial charge in [-0.2, -0.15) is 0 Å². The van der Waals surface area contributed by atoms with E-state index in [0.717, 1.165) is 45.7 Å². The zero-order valence-electron chi connectivity index (χ0n) is 11.4. The van der Waals surface area contributed by atoms with Crippen LogP contribution in [-0.4, -0.2) is 61.0 Å². The molecule has 18 heavy (non-hydrogen) atoms. The van der Waals surface area contributed by atoms with Crippen molar-refractivity contribution in [1.29, 1.82) is 0 Å². The molecular formula is C13H26ClN3O. The van der Waals surface area contributed by atoms with Crippen molar-refractivity contribution >= 4 is 18.3 Å². The molecule has 0 aromatic rings. The minimum Gasteiger partial charge on any atom is -0.341 e. The van der Waals surface area contributed by atoms with E-state index in [-0.39, 0.29) is 18.4 Å². The highest BCUT2D eigenvalue weighted by Gasteiger charge is 2.26. The van der Waals surface area contributed by atoms with Crippen LogP contribution in [0.1, 0.15) is 32.6 Å². The fourth-order valence-electron chi connectivity index (χ4n) is 2.79. The van der Waals surface area contributed by atoms with Crippen molar-refractivity contribution in [3.63, 3.8) is 0 Å². The lowest BCUT2D eigenvalue weighted by atomic mass is 10.1. The molecule has 1 atom stereocenters. The molecule has 0 aliphatic carbocycles. The van der Waals surface area contributed by atoms with Crippen LogP contribution in [0.15, 0.2) is 0 Å². The van der Waals surface area contributed by atoms with Gasteiger partial charge in [-0.3, -0.25) is 9.69 Å². The molecule has 1 unspecified atom stereocenters. The van der Waals surface area contributed by atoms with Crippen molar-refractivity contribution in [2.75, 3.05) is 39.3 Å². The van der Waals surface area contributed by atoms with E-state index in [1.807, 2.05) is 0 Å². The van der Waals surface area contributed by atoms with E-state index >= 15 is 0 Å². The van der Waals surface area contributed by atoms with E-state index in [0.29, 0.717) is 5.91 Å². The highest BCUT2D eigenvalue weighted by Crippen LogP contribution is 2.13. The van der Waals surface area contributed by atoms with Crippen LogP contribution in [0, 0.1) is 0 Å². The maximum Gasteiger partial charge on any atom is 0.239 e. The summed E-state index contributed by atoms with van der Waals surface area (Å²) >= 11 is 0. The van der Waals surface area contributed by atoms with Crippen LogP contribution < -0.4 is 5.32 Å². The number of nitrogens with one attached hydrogen (secondary N) is 1. The average Bonchev–Trinajstić information content (AvgIpc) is 2.67. The van der Waals surface area contributed by atoms with Gasteiger partial charge in [0, 0.05) is 32.7 Å². The van der Waals surface area contributed by atoms with Gasteiger partial charge in [-0.05, 0) is 39.2 Å². The topological polar surface area (TPSA) is 35.6 Å². The minimum absolute atomic E-state index is 0. The molecule has 2 fully saturated rings. The average molecular weight is 276 g/mol. The van der Waals surface area contributed by atoms with Crippen LogP contribution in [0.25, 0.3) is 0 Å². The van der Waals surface area contributed by atoms with E-state index in [4.69, 9.17) is 0 Å². The van der Waals surface area contributed by atoms with E-state index in [9.17, 15) is 4.79 Å². The molecule has 0 bridgehead atoms. The summed E-state index contributed by atoms with van der Waals surface area (Å²) in [5, 5.41) is 3.38. The highest BCUT2D eigenvalue weighted by atomic mass is 35.5. The molecule has 5 heteroatoms. The van der Waals surface area contributed by atoms with Gasteiger partial charge in [0.2, 0.25) is 5.91 Å². The first-order valence-corrected chi connectivity index (χ1v) is 7.02. The molecule has 2 aliphatic rings. The van der Waals surface area contributed by atoms with Crippen LogP contribution in [-0.2, 0) is 4.79 Å². The lowest BCUT2D eigenvalue weighted by molar-refractivity contribution is -0.137. The molecule has 2 rings (SSSR count). The summed E-state index contributed by atoms with van der Waals surface area (Å²) in [4.78, 5) is 16.8. The van der Waals surface area contributed by atoms with Gasteiger partial charge in [0.15, 0.2) is 0 Å². The molecule has 0 aromatic carbocycles. The summed E-state index contributed by atoms with van der Waals surface area (Å²) in [7, 11) is 0. The molecule has 0 radical (unpaired) electrons. The quantitative estimate of drug-likeness (QED) is 0.820. The number of piperidine rings is 1. The first-order valence-electron chi connectivity index (χ1n) is 7.02. The number of hydrogen-bond acceptors (Lipinski definition) is 3. The van der Waals surface area contributed by atoms with Gasteiger partial charge in [0.25, 0.3) is 0 Å². The number of carbonyl (C=O) groups excluding carboxylic acids is 1. The summed E-state index contributed by atoms with van der Waals surface area (Å²) < 4.78 is 0. The lowest BCUT2D eigenvalue weighted by Gasteiger charge is -2.33. The number of amides is 1. The Bertz CT molecular complexity index is 249. The Hall–Kier alpha value is -0.320. The second-order valence-electron chi connectivity index (χ2n) is 5.20. The van der Waals surface area contributed by atoms with Gasteiger partial charge in [-0.1, -0.05) is 0 Å². The molecule has 1 N–H and O–H groups in total. The van der Waals surface area contributed by atoms with Crippen LogP contribution in [0.5, 0.6) is 0 Å². The summed E-state index contributed by atoms with van der Waals surface area (Å²) in [6.45, 7) is 8.15. The van der Waals surface area contributed by atoms with Gasteiger partial charge >= 0.3 is 0 Å². The van der Waals surface area contributed by atoms with Gasteiger partial charge in [0.05, 0.1) is 6.04 Å². The Morgan fingerprint density at radius 3 is 2.44 bits per heavy atom. The zero-order valence-corrected chi connectivity index (χ0v) is 12.2. The first kappa shape index (κ1) is 15.7. The monoisotopic (exact) mass is 275 g/mol. The first-order chi connectivity index (χ1) is 8.29. The Morgan fingerprint density at radius 1 is 1.00 bits per heavy atom. The fourth-order valence-corrected chi connectivity index (χ4v) is 2.79. The number of carbonyl (C=O) groups is 1. The summed E-state index contributed by atoms with van der Waals surface area (Å²) in [5.74, 6) is 0.339. The maximum atomic E-state index is 12.4. The highest BCUT2D eigenvalue weighted by molar-refractivity contribution is 5.85. The number of rotatable bonds is 2. The Labute approximate surface area is 116 Å². The number of hydrogen-bond donors (Lipinski definition) is 1. The molecule has 2 saturated heterocycles. The van der Waals surface area contributed by atoms with Crippen molar-refractivity contribution in [2.45, 2.75) is 38.6 Å². The van der Waals surface area contributed by atoms with Crippen molar-refractivity contribution in [3.05, 3.63) is 0 Å². The van der Waals surface area contributed by atoms with E-state index < -0.39 is 0 Å².